The minimum atomic E-state index is -0.328. The Hall–Kier alpha value is -0.900. The van der Waals surface area contributed by atoms with Crippen LogP contribution >= 0.6 is 0 Å². The highest BCUT2D eigenvalue weighted by Gasteiger charge is 2.22. The average Bonchev–Trinajstić information content (AvgIpc) is 2.73. The molecule has 0 saturated heterocycles. The molecule has 0 bridgehead atoms. The lowest BCUT2D eigenvalue weighted by atomic mass is 10.2. The highest BCUT2D eigenvalue weighted by molar-refractivity contribution is 4.94. The van der Waals surface area contributed by atoms with Crippen molar-refractivity contribution < 1.29 is 5.11 Å². The molecule has 1 aliphatic carbocycles. The Morgan fingerprint density at radius 2 is 2.46 bits per heavy atom. The van der Waals surface area contributed by atoms with Gasteiger partial charge in [0.15, 0.2) is 0 Å². The van der Waals surface area contributed by atoms with Crippen molar-refractivity contribution in [1.29, 1.82) is 0 Å². The minimum Gasteiger partial charge on any atom is -0.393 e. The lowest BCUT2D eigenvalue weighted by molar-refractivity contribution is 0.194. The van der Waals surface area contributed by atoms with Crippen molar-refractivity contribution in [2.45, 2.75) is 38.8 Å². The Morgan fingerprint density at radius 1 is 1.69 bits per heavy atom. The second kappa shape index (κ2) is 3.46. The first-order valence-corrected chi connectivity index (χ1v) is 4.81. The Bertz CT molecular complexity index is 260. The van der Waals surface area contributed by atoms with Crippen LogP contribution in [0.25, 0.3) is 0 Å². The number of aromatic nitrogens is 3. The molecule has 4 heteroatoms. The second-order valence-electron chi connectivity index (χ2n) is 3.93. The minimum absolute atomic E-state index is 0.328. The van der Waals surface area contributed by atoms with Gasteiger partial charge in [-0.1, -0.05) is 5.21 Å². The molecule has 4 nitrogen and oxygen atoms in total. The fourth-order valence-electron chi connectivity index (χ4n) is 1.39. The monoisotopic (exact) mass is 181 g/mol. The summed E-state index contributed by atoms with van der Waals surface area (Å²) in [5, 5.41) is 17.1. The summed E-state index contributed by atoms with van der Waals surface area (Å²) in [5.41, 5.74) is 0.885. The molecule has 13 heavy (non-hydrogen) atoms. The molecule has 0 radical (unpaired) electrons. The highest BCUT2D eigenvalue weighted by Crippen LogP contribution is 2.30. The summed E-state index contributed by atoms with van der Waals surface area (Å²) >= 11 is 0. The van der Waals surface area contributed by atoms with Crippen molar-refractivity contribution >= 4 is 0 Å². The van der Waals surface area contributed by atoms with Gasteiger partial charge in [0.05, 0.1) is 11.8 Å². The molecule has 2 rings (SSSR count). The summed E-state index contributed by atoms with van der Waals surface area (Å²) in [7, 11) is 0. The molecule has 1 aromatic heterocycles. The van der Waals surface area contributed by atoms with E-state index in [9.17, 15) is 0 Å². The number of hydrogen-bond acceptors (Lipinski definition) is 3. The zero-order valence-electron chi connectivity index (χ0n) is 7.85. The second-order valence-corrected chi connectivity index (χ2v) is 3.93. The molecule has 0 spiro atoms. The lowest BCUT2D eigenvalue weighted by Crippen LogP contribution is -2.04. The van der Waals surface area contributed by atoms with E-state index in [1.54, 1.807) is 6.92 Å². The zero-order chi connectivity index (χ0) is 9.26. The van der Waals surface area contributed by atoms with Crippen molar-refractivity contribution in [1.82, 2.24) is 15.0 Å². The van der Waals surface area contributed by atoms with Crippen LogP contribution in [0.1, 0.15) is 25.5 Å². The van der Waals surface area contributed by atoms with Crippen molar-refractivity contribution in [3.05, 3.63) is 11.9 Å². The molecule has 0 unspecified atom stereocenters. The quantitative estimate of drug-likeness (QED) is 0.740. The predicted molar refractivity (Wildman–Crippen MR) is 48.1 cm³/mol. The van der Waals surface area contributed by atoms with Gasteiger partial charge in [-0.05, 0) is 25.7 Å². The van der Waals surface area contributed by atoms with Crippen molar-refractivity contribution in [2.75, 3.05) is 0 Å². The average molecular weight is 181 g/mol. The van der Waals surface area contributed by atoms with Gasteiger partial charge in [-0.25, -0.2) is 0 Å². The maximum absolute atomic E-state index is 9.13. The number of hydrogen-bond donors (Lipinski definition) is 1. The molecular weight excluding hydrogens is 166 g/mol. The van der Waals surface area contributed by atoms with E-state index < -0.39 is 0 Å². The van der Waals surface area contributed by atoms with Crippen molar-refractivity contribution in [2.24, 2.45) is 5.92 Å². The number of rotatable bonds is 4. The number of aliphatic hydroxyl groups is 1. The molecule has 1 aromatic rings. The van der Waals surface area contributed by atoms with Crippen LogP contribution in [-0.2, 0) is 13.0 Å². The number of aliphatic hydroxyl groups excluding tert-OH is 1. The van der Waals surface area contributed by atoms with Crippen LogP contribution in [0.4, 0.5) is 0 Å². The zero-order valence-corrected chi connectivity index (χ0v) is 7.85. The smallest absolute Gasteiger partial charge is 0.0852 e. The molecule has 1 fully saturated rings. The van der Waals surface area contributed by atoms with Crippen LogP contribution < -0.4 is 0 Å². The summed E-state index contributed by atoms with van der Waals surface area (Å²) in [4.78, 5) is 0. The highest BCUT2D eigenvalue weighted by atomic mass is 16.3. The Balaban J connectivity index is 1.91. The van der Waals surface area contributed by atoms with Gasteiger partial charge < -0.3 is 5.11 Å². The molecule has 0 amide bonds. The third kappa shape index (κ3) is 2.52. The summed E-state index contributed by atoms with van der Waals surface area (Å²) < 4.78 is 1.88. The number of nitrogens with zero attached hydrogens (tertiary/aromatic N) is 3. The van der Waals surface area contributed by atoms with Crippen LogP contribution in [0.2, 0.25) is 0 Å². The SMILES string of the molecule is C[C@@H](O)Cc1cn(CC2CC2)nn1. The van der Waals surface area contributed by atoms with Crippen LogP contribution in [0, 0.1) is 5.92 Å². The molecule has 1 heterocycles. The van der Waals surface area contributed by atoms with Crippen LogP contribution in [-0.4, -0.2) is 26.2 Å². The van der Waals surface area contributed by atoms with E-state index in [1.807, 2.05) is 10.9 Å². The maximum atomic E-state index is 9.13. The van der Waals surface area contributed by atoms with Gasteiger partial charge in [0, 0.05) is 19.2 Å². The third-order valence-corrected chi connectivity index (χ3v) is 2.23. The molecule has 1 N–H and O–H groups in total. The van der Waals surface area contributed by atoms with Gasteiger partial charge in [0.1, 0.15) is 0 Å². The maximum Gasteiger partial charge on any atom is 0.0852 e. The van der Waals surface area contributed by atoms with E-state index in [2.05, 4.69) is 10.3 Å². The largest absolute Gasteiger partial charge is 0.393 e. The fourth-order valence-corrected chi connectivity index (χ4v) is 1.39. The lowest BCUT2D eigenvalue weighted by Gasteiger charge is -1.97. The van der Waals surface area contributed by atoms with Gasteiger partial charge in [-0.15, -0.1) is 5.10 Å². The first-order valence-electron chi connectivity index (χ1n) is 4.81. The third-order valence-electron chi connectivity index (χ3n) is 2.23. The molecule has 0 aliphatic heterocycles. The van der Waals surface area contributed by atoms with Gasteiger partial charge >= 0.3 is 0 Å². The van der Waals surface area contributed by atoms with E-state index in [0.29, 0.717) is 6.42 Å². The standard InChI is InChI=1S/C9H15N3O/c1-7(13)4-9-6-12(11-10-9)5-8-2-3-8/h6-8,13H,2-5H2,1H3/t7-/m1/s1. The van der Waals surface area contributed by atoms with Gasteiger partial charge in [0.25, 0.3) is 0 Å². The van der Waals surface area contributed by atoms with Gasteiger partial charge in [-0.2, -0.15) is 0 Å². The molecule has 72 valence electrons. The van der Waals surface area contributed by atoms with Crippen molar-refractivity contribution in [3.63, 3.8) is 0 Å². The first-order chi connectivity index (χ1) is 6.24. The van der Waals surface area contributed by atoms with Crippen molar-refractivity contribution in [3.8, 4) is 0 Å². The molecule has 1 aliphatic rings. The summed E-state index contributed by atoms with van der Waals surface area (Å²) in [6.07, 6.45) is 4.86. The molecule has 0 aromatic carbocycles. The topological polar surface area (TPSA) is 50.9 Å². The van der Waals surface area contributed by atoms with Crippen LogP contribution in [0.5, 0.6) is 0 Å². The molecule has 1 saturated carbocycles. The summed E-state index contributed by atoms with van der Waals surface area (Å²) in [6, 6.07) is 0. The molecule has 1 atom stereocenters. The van der Waals surface area contributed by atoms with E-state index in [-0.39, 0.29) is 6.10 Å². The Morgan fingerprint density at radius 3 is 3.08 bits per heavy atom. The summed E-state index contributed by atoms with van der Waals surface area (Å²) in [5.74, 6) is 0.820. The normalized spacial score (nSPS) is 18.9. The predicted octanol–water partition coefficient (Wildman–Crippen LogP) is 0.611. The van der Waals surface area contributed by atoms with E-state index in [4.69, 9.17) is 5.11 Å². The first kappa shape index (κ1) is 8.69. The van der Waals surface area contributed by atoms with Crippen LogP contribution in [0.15, 0.2) is 6.20 Å². The molecular formula is C9H15N3O. The fraction of sp³-hybridized carbons (Fsp3) is 0.778. The Kier molecular flexibility index (Phi) is 2.31. The van der Waals surface area contributed by atoms with Gasteiger partial charge in [-0.3, -0.25) is 4.68 Å². The van der Waals surface area contributed by atoms with E-state index in [1.165, 1.54) is 12.8 Å². The van der Waals surface area contributed by atoms with Crippen LogP contribution in [0.3, 0.4) is 0 Å². The van der Waals surface area contributed by atoms with E-state index >= 15 is 0 Å². The van der Waals surface area contributed by atoms with E-state index in [0.717, 1.165) is 18.2 Å². The van der Waals surface area contributed by atoms with Gasteiger partial charge in [0.2, 0.25) is 0 Å². The Labute approximate surface area is 77.6 Å². The summed E-state index contributed by atoms with van der Waals surface area (Å²) in [6.45, 7) is 2.76.